The number of ether oxygens (including phenoxy) is 14. The number of fused-ring (bicyclic) bond motifs is 5. The molecule has 5 aromatic carbocycles. The number of hydrogen-bond donors (Lipinski definition) is 2. The van der Waals surface area contributed by atoms with E-state index in [4.69, 9.17) is 72.7 Å². The van der Waals surface area contributed by atoms with Gasteiger partial charge in [0.2, 0.25) is 0 Å². The van der Waals surface area contributed by atoms with Crippen molar-refractivity contribution in [2.75, 3.05) is 89.7 Å². The summed E-state index contributed by atoms with van der Waals surface area (Å²) in [7, 11) is 19.4. The zero-order chi connectivity index (χ0) is 102. The fraction of sp³-hybridized carbons (Fsp3) is 0.455. The molecule has 23 nitrogen and oxygen atoms in total. The number of pyridine rings is 5. The van der Waals surface area contributed by atoms with Crippen LogP contribution >= 0.6 is 218 Å². The predicted octanol–water partition coefficient (Wildman–Crippen LogP) is 29.5. The average Bonchev–Trinajstić information content (AvgIpc) is 1.71. The summed E-state index contributed by atoms with van der Waals surface area (Å²) in [6.07, 6.45) is 24.8. The number of hydrogen-bond acceptors (Lipinski definition) is 23. The van der Waals surface area contributed by atoms with Crippen LogP contribution in [0.4, 0.5) is 4.79 Å². The van der Waals surface area contributed by atoms with Gasteiger partial charge in [-0.25, -0.2) is 4.79 Å². The molecule has 758 valence electrons. The molecule has 0 amide bonds. The predicted molar refractivity (Wildman–Crippen MR) is 638 cm³/mol. The largest absolute Gasteiger partial charge is 0 e. The van der Waals surface area contributed by atoms with E-state index >= 15 is 0 Å². The van der Waals surface area contributed by atoms with Gasteiger partial charge in [0, 0.05) is 122 Å². The van der Waals surface area contributed by atoms with E-state index in [0.717, 1.165) is 161 Å². The normalized spacial score (nSPS) is 13.1. The summed E-state index contributed by atoms with van der Waals surface area (Å²) < 4.78 is 79.5. The number of unbranched alkanes of at least 4 members (excludes halogenated alkanes) is 2. The number of terminal acetylenes is 1. The Bertz CT molecular complexity index is 5140. The van der Waals surface area contributed by atoms with E-state index < -0.39 is 36.7 Å². The zero-order valence-corrected chi connectivity index (χ0v) is 108. The third kappa shape index (κ3) is 52.6. The minimum Gasteiger partial charge on any atom is 0 e. The number of alkyl halides is 6. The molecule has 0 aliphatic carbocycles. The maximum absolute atomic E-state index is 11.9. The Morgan fingerprint density at radius 3 is 1.31 bits per heavy atom. The van der Waals surface area contributed by atoms with Crippen LogP contribution in [0.3, 0.4) is 0 Å². The minimum absolute atomic E-state index is 0. The van der Waals surface area contributed by atoms with Crippen molar-refractivity contribution in [3.63, 3.8) is 0 Å². The van der Waals surface area contributed by atoms with Crippen molar-refractivity contribution in [2.24, 2.45) is 0 Å². The molecule has 0 saturated carbocycles. The molecule has 1 saturated heterocycles. The second-order valence-corrected chi connectivity index (χ2v) is 85.3. The molecule has 8 unspecified atom stereocenters. The summed E-state index contributed by atoms with van der Waals surface area (Å²) in [5.41, 5.74) is 10.3. The van der Waals surface area contributed by atoms with Crippen molar-refractivity contribution in [1.82, 2.24) is 24.9 Å². The number of cyclic esters (lactones) is 2. The first-order chi connectivity index (χ1) is 64.6. The van der Waals surface area contributed by atoms with Crippen molar-refractivity contribution in [2.45, 2.75) is 204 Å². The molecular weight excluding hydrogens is 2990 g/mol. The van der Waals surface area contributed by atoms with E-state index in [2.05, 4.69) is 335 Å². The molecule has 5 aromatic heterocycles. The van der Waals surface area contributed by atoms with Crippen LogP contribution in [0.25, 0.3) is 60.6 Å². The van der Waals surface area contributed by atoms with Gasteiger partial charge in [-0.2, -0.15) is 13.8 Å². The summed E-state index contributed by atoms with van der Waals surface area (Å²) in [5.74, 6) is 14.4. The van der Waals surface area contributed by atoms with Crippen molar-refractivity contribution in [3.8, 4) is 70.2 Å². The van der Waals surface area contributed by atoms with E-state index in [1.54, 1.807) is 121 Å². The van der Waals surface area contributed by atoms with E-state index in [9.17, 15) is 19.8 Å². The zero-order valence-electron chi connectivity index (χ0n) is 82.6. The fourth-order valence-corrected chi connectivity index (χ4v) is 12.7. The summed E-state index contributed by atoms with van der Waals surface area (Å²) in [6, 6.07) is 28.3. The topological polar surface area (TPSA) is 268 Å². The third-order valence-corrected chi connectivity index (χ3v) is 19.0. The van der Waals surface area contributed by atoms with E-state index in [0.29, 0.717) is 50.9 Å². The molecule has 1 aliphatic heterocycles. The summed E-state index contributed by atoms with van der Waals surface area (Å²) in [6.45, 7) is 27.8. The molecule has 11 rings (SSSR count). The molecule has 0 bridgehead atoms. The monoisotopic (exact) mass is 3130 g/mol. The Labute approximate surface area is 972 Å². The molecule has 6 heterocycles. The van der Waals surface area contributed by atoms with Crippen LogP contribution in [0, 0.1) is 49.4 Å². The quantitative estimate of drug-likeness (QED) is 0.00805. The van der Waals surface area contributed by atoms with Crippen molar-refractivity contribution in [1.29, 1.82) is 0 Å². The number of benzene rings is 5. The van der Waals surface area contributed by atoms with Gasteiger partial charge in [-0.15, -0.1) is 6.42 Å². The Morgan fingerprint density at radius 2 is 0.934 bits per heavy atom. The van der Waals surface area contributed by atoms with E-state index in [1.165, 1.54) is 24.2 Å². The Balaban J connectivity index is -0.00000153. The summed E-state index contributed by atoms with van der Waals surface area (Å²) in [4.78, 5) is 43.1. The first-order valence-corrected chi connectivity index (χ1v) is 65.2. The standard InChI is InChI=1S/C19H23NO5.C18H25NO5.C18H21NO3.C18H23NO2.C13H11NO2.C5H10O.C2H3I3.C2H4I2.C2H5I.C2H4I.C2H5.3HI.3V/c1-5-6-15(23-4)17-18(25-19(21)24-17)16-11(2)10-20-14-8-7-12(22-3)9-13(14)16;1-5-6-14(23-3)17(20)18(21)16-12-9-11(22-2)7-8-13(12)19-10-15(16)24-4;1-5-6-13(20-2)7-9-15-16-11-14(21-3)8-10-17(16)19-12-18(15)22-4;1-5-6-14(20-3)7-9-16-13(2)12-19-18-10-8-15(21-4)11-17(16)18;1-4-10-11-7-9(15-2)5-6-12(11)14-8-13(10)16-3;1-2-3-4-5-6;1-2(3,4)5;1-2(3)4;2*1-2-3;1-2;;;;;;/h7-10,15,17-18H,5-6H2,1-4H3;7-10,14,17-18,20-21H,5-6H2,1-4H3;8,10-13H,5-6H2,1-4H3;7-12,14H,5-6H2,1-4H3;1,5-8H,2-3H3;5H,2-4H2,1H3;1H3;2H,1H3;2H2,1H3;2H,1H3;1H2,2H3;3*1H;;;/q;;;;;;;;;2*-1;;;;;;+3/p-3/b;;;9-7-;;;;;;;;;;;;;. The van der Waals surface area contributed by atoms with Crippen LogP contribution in [0.15, 0.2) is 128 Å². The number of aldehydes is 1. The maximum Gasteiger partial charge on any atom is 0 e. The van der Waals surface area contributed by atoms with Crippen LogP contribution in [-0.4, -0.2) is 175 Å². The van der Waals surface area contributed by atoms with Gasteiger partial charge in [0.15, 0.2) is 23.7 Å². The maximum atomic E-state index is 11.9. The number of aliphatic hydroxyl groups is 2. The van der Waals surface area contributed by atoms with Crippen LogP contribution in [0.1, 0.15) is 191 Å². The fourth-order valence-electron chi connectivity index (χ4n) is 12.7. The molecule has 10 aromatic rings. The first kappa shape index (κ1) is 139. The van der Waals surface area contributed by atoms with Crippen molar-refractivity contribution < 1.29 is 128 Å². The van der Waals surface area contributed by atoms with Gasteiger partial charge in [0.25, 0.3) is 0 Å². The van der Waals surface area contributed by atoms with Gasteiger partial charge in [-0.3, -0.25) is 29.3 Å². The molecule has 0 spiro atoms. The van der Waals surface area contributed by atoms with Gasteiger partial charge in [-0.1, -0.05) is 239 Å². The third-order valence-electron chi connectivity index (χ3n) is 19.0. The Morgan fingerprint density at radius 1 is 0.555 bits per heavy atom. The van der Waals surface area contributed by atoms with Crippen molar-refractivity contribution >= 4 is 291 Å². The molecule has 2 radical (unpaired) electrons. The van der Waals surface area contributed by atoms with Crippen LogP contribution in [0.5, 0.6) is 46.0 Å². The SMILES string of the molecule is C#Cc1c(OC)cnc2ccc(OC)cc12.CC(I)(I)I.CC(I)I.CCCC(/C=C\c1c(C)cnc2ccc(OC)cc12)OC.CCCC(C#Cc1c(OC)cnc2ccc(OC)cc12)OC.CCCC(OC)C(O)C(O)c1c(OC)cnc2ccc(OC)cc12.CCCC(OC)C1OC(=O)OC1c1c(C)cnc2ccc(OC)cc12.CCCCC=O.CCI.C[CH-]I.[CH2-]C.[I][V]([I])[I].[V].[V]. The minimum atomic E-state index is -1.17. The van der Waals surface area contributed by atoms with Gasteiger partial charge in [0.05, 0.1) is 134 Å². The Hall–Kier alpha value is -1.84. The van der Waals surface area contributed by atoms with E-state index in [-0.39, 0.29) is 60.3 Å². The number of aromatic nitrogens is 5. The molecule has 36 heteroatoms. The average molecular weight is 3130 g/mol. The van der Waals surface area contributed by atoms with Crippen LogP contribution in [-0.2, 0) is 75.2 Å². The smallest absolute Gasteiger partial charge is 0 e. The molecule has 2 N–H and O–H groups in total. The Kier molecular flexibility index (Phi) is 83.5. The van der Waals surface area contributed by atoms with E-state index in [1.807, 2.05) is 104 Å². The van der Waals surface area contributed by atoms with Gasteiger partial charge in [-0.05, 0) is 172 Å². The van der Waals surface area contributed by atoms with Gasteiger partial charge in [0.1, 0.15) is 58.5 Å². The molecule has 137 heavy (non-hydrogen) atoms. The number of nitrogens with zero attached hydrogens (tertiary/aromatic N) is 5. The number of carbonyl (C=O) groups is 2. The second kappa shape index (κ2) is 82.2. The summed E-state index contributed by atoms with van der Waals surface area (Å²) in [5, 5.41) is 25.8. The van der Waals surface area contributed by atoms with Crippen LogP contribution < -0.4 is 37.9 Å². The number of rotatable bonds is 30. The molecule has 8 atom stereocenters. The second-order valence-electron chi connectivity index (χ2n) is 28.3. The molecule has 1 aliphatic rings. The molecule has 1 fully saturated rings. The van der Waals surface area contributed by atoms with Gasteiger partial charge >= 0.3 is 71.0 Å². The number of halogens is 10. The summed E-state index contributed by atoms with van der Waals surface area (Å²) >= 11 is 23.6. The number of aliphatic hydroxyl groups excluding tert-OH is 2. The van der Waals surface area contributed by atoms with Crippen molar-refractivity contribution in [3.05, 3.63) is 178 Å². The number of aryl methyl sites for hydroxylation is 2. The molecular formula is C101H134I10N5O18V3-2. The number of carbonyl (C=O) groups excluding carboxylic acids is 2. The first-order valence-electron chi connectivity index (χ1n) is 43.2. The van der Waals surface area contributed by atoms with Gasteiger partial charge < -0.3 is 111 Å². The van der Waals surface area contributed by atoms with Crippen LogP contribution in [0.2, 0.25) is 0 Å². The number of methoxy groups -OCH3 is 12.